The molecule has 1 aliphatic carbocycles. The minimum atomic E-state index is -0.0601. The summed E-state index contributed by atoms with van der Waals surface area (Å²) in [7, 11) is 0. The molecule has 1 N–H and O–H groups in total. The van der Waals surface area contributed by atoms with Crippen LogP contribution in [0.15, 0.2) is 53.0 Å². The molecule has 0 bridgehead atoms. The molecule has 0 radical (unpaired) electrons. The summed E-state index contributed by atoms with van der Waals surface area (Å²) in [6, 6.07) is 0. The van der Waals surface area contributed by atoms with Crippen molar-refractivity contribution in [3.63, 3.8) is 0 Å². The lowest BCUT2D eigenvalue weighted by Gasteiger charge is -2.03. The van der Waals surface area contributed by atoms with E-state index >= 15 is 0 Å². The third-order valence-electron chi connectivity index (χ3n) is 2.80. The molecule has 0 amide bonds. The Morgan fingerprint density at radius 2 is 2.00 bits per heavy atom. The monoisotopic (exact) mass is 240 g/mol. The van der Waals surface area contributed by atoms with Crippen LogP contribution in [0.4, 0.5) is 0 Å². The van der Waals surface area contributed by atoms with Crippen molar-refractivity contribution in [2.75, 3.05) is 0 Å². The van der Waals surface area contributed by atoms with Crippen LogP contribution in [0, 0.1) is 0 Å². The zero-order chi connectivity index (χ0) is 13.0. The van der Waals surface area contributed by atoms with Gasteiger partial charge in [0.1, 0.15) is 5.82 Å². The molecule has 3 heteroatoms. The average molecular weight is 240 g/mol. The van der Waals surface area contributed by atoms with Crippen LogP contribution in [-0.4, -0.2) is 9.97 Å². The second-order valence-corrected chi connectivity index (χ2v) is 4.19. The number of aromatic nitrogens is 2. The van der Waals surface area contributed by atoms with Crippen molar-refractivity contribution in [3.8, 4) is 0 Å². The molecule has 18 heavy (non-hydrogen) atoms. The van der Waals surface area contributed by atoms with Crippen LogP contribution in [0.25, 0.3) is 5.57 Å². The summed E-state index contributed by atoms with van der Waals surface area (Å²) < 4.78 is 0. The first-order chi connectivity index (χ1) is 8.70. The van der Waals surface area contributed by atoms with E-state index in [1.807, 2.05) is 50.3 Å². The highest BCUT2D eigenvalue weighted by Crippen LogP contribution is 2.13. The van der Waals surface area contributed by atoms with Gasteiger partial charge in [0.15, 0.2) is 0 Å². The smallest absolute Gasteiger partial charge is 0.254 e. The molecule has 0 fully saturated rings. The Hall–Kier alpha value is -2.16. The average Bonchev–Trinajstić information content (AvgIpc) is 2.34. The predicted molar refractivity (Wildman–Crippen MR) is 74.2 cm³/mol. The maximum absolute atomic E-state index is 11.8. The van der Waals surface area contributed by atoms with E-state index in [1.54, 1.807) is 6.20 Å². The number of nitrogens with one attached hydrogen (secondary N) is 1. The van der Waals surface area contributed by atoms with Crippen LogP contribution >= 0.6 is 0 Å². The zero-order valence-corrected chi connectivity index (χ0v) is 10.6. The molecule has 0 saturated heterocycles. The minimum Gasteiger partial charge on any atom is -0.306 e. The van der Waals surface area contributed by atoms with Gasteiger partial charge in [-0.15, -0.1) is 0 Å². The summed E-state index contributed by atoms with van der Waals surface area (Å²) in [5, 5.41) is 0. The highest BCUT2D eigenvalue weighted by atomic mass is 16.1. The van der Waals surface area contributed by atoms with E-state index in [0.717, 1.165) is 11.1 Å². The van der Waals surface area contributed by atoms with E-state index in [0.29, 0.717) is 17.8 Å². The molecular formula is C15H16N2O. The Labute approximate surface area is 106 Å². The lowest BCUT2D eigenvalue weighted by Crippen LogP contribution is -2.15. The fraction of sp³-hybridized carbons (Fsp3) is 0.200. The van der Waals surface area contributed by atoms with E-state index in [4.69, 9.17) is 0 Å². The van der Waals surface area contributed by atoms with Gasteiger partial charge in [0.2, 0.25) is 0 Å². The Morgan fingerprint density at radius 1 is 1.22 bits per heavy atom. The van der Waals surface area contributed by atoms with Gasteiger partial charge in [-0.25, -0.2) is 4.98 Å². The van der Waals surface area contributed by atoms with Gasteiger partial charge in [-0.3, -0.25) is 4.79 Å². The van der Waals surface area contributed by atoms with Crippen molar-refractivity contribution in [2.45, 2.75) is 20.3 Å². The van der Waals surface area contributed by atoms with Gasteiger partial charge in [0, 0.05) is 17.3 Å². The minimum absolute atomic E-state index is 0.0601. The van der Waals surface area contributed by atoms with Gasteiger partial charge < -0.3 is 4.98 Å². The molecule has 1 aromatic rings. The second kappa shape index (κ2) is 5.45. The first-order valence-corrected chi connectivity index (χ1v) is 6.02. The Kier molecular flexibility index (Phi) is 3.72. The summed E-state index contributed by atoms with van der Waals surface area (Å²) in [5.74, 6) is 0.604. The van der Waals surface area contributed by atoms with Crippen molar-refractivity contribution < 1.29 is 0 Å². The number of aryl methyl sites for hydroxylation is 1. The summed E-state index contributed by atoms with van der Waals surface area (Å²) in [6.07, 6.45) is 14.2. The number of hydrogen-bond acceptors (Lipinski definition) is 2. The summed E-state index contributed by atoms with van der Waals surface area (Å²) in [4.78, 5) is 18.9. The number of H-pyrrole nitrogens is 1. The maximum Gasteiger partial charge on any atom is 0.254 e. The van der Waals surface area contributed by atoms with E-state index in [9.17, 15) is 4.79 Å². The van der Waals surface area contributed by atoms with Crippen LogP contribution in [0.5, 0.6) is 0 Å². The summed E-state index contributed by atoms with van der Waals surface area (Å²) >= 11 is 0. The SMILES string of the molecule is CCc1cnc(C2=CC=C(C)C=CC=C2)[nH]c1=O. The molecule has 0 spiro atoms. The van der Waals surface area contributed by atoms with E-state index in [2.05, 4.69) is 9.97 Å². The number of rotatable bonds is 2. The molecule has 0 atom stereocenters. The number of allylic oxidation sites excluding steroid dienone is 8. The third-order valence-corrected chi connectivity index (χ3v) is 2.80. The molecule has 3 nitrogen and oxygen atoms in total. The van der Waals surface area contributed by atoms with Crippen molar-refractivity contribution in [2.24, 2.45) is 0 Å². The van der Waals surface area contributed by atoms with E-state index in [1.165, 1.54) is 0 Å². The Bertz CT molecular complexity index is 616. The molecule has 0 aromatic carbocycles. The lowest BCUT2D eigenvalue weighted by molar-refractivity contribution is 0.985. The molecule has 0 aliphatic heterocycles. The zero-order valence-electron chi connectivity index (χ0n) is 10.6. The van der Waals surface area contributed by atoms with Crippen LogP contribution in [0.3, 0.4) is 0 Å². The molecular weight excluding hydrogens is 224 g/mol. The number of nitrogens with zero attached hydrogens (tertiary/aromatic N) is 1. The first kappa shape index (κ1) is 12.3. The van der Waals surface area contributed by atoms with Crippen molar-refractivity contribution in [3.05, 3.63) is 70.0 Å². The molecule has 0 unspecified atom stereocenters. The van der Waals surface area contributed by atoms with Gasteiger partial charge in [0.25, 0.3) is 5.56 Å². The third kappa shape index (κ3) is 2.74. The van der Waals surface area contributed by atoms with Crippen molar-refractivity contribution in [1.29, 1.82) is 0 Å². The molecule has 92 valence electrons. The maximum atomic E-state index is 11.8. The first-order valence-electron chi connectivity index (χ1n) is 6.02. The van der Waals surface area contributed by atoms with Gasteiger partial charge in [-0.05, 0) is 13.3 Å². The Balaban J connectivity index is 2.42. The summed E-state index contributed by atoms with van der Waals surface area (Å²) in [6.45, 7) is 3.97. The van der Waals surface area contributed by atoms with Gasteiger partial charge in [0.05, 0.1) is 0 Å². The van der Waals surface area contributed by atoms with Crippen molar-refractivity contribution in [1.82, 2.24) is 9.97 Å². The van der Waals surface area contributed by atoms with Crippen LogP contribution in [0.1, 0.15) is 25.2 Å². The van der Waals surface area contributed by atoms with Gasteiger partial charge in [-0.1, -0.05) is 49.0 Å². The molecule has 1 aliphatic rings. The highest BCUT2D eigenvalue weighted by molar-refractivity contribution is 5.71. The topological polar surface area (TPSA) is 45.8 Å². The quantitative estimate of drug-likeness (QED) is 0.864. The largest absolute Gasteiger partial charge is 0.306 e. The number of hydrogen-bond donors (Lipinski definition) is 1. The van der Waals surface area contributed by atoms with Crippen LogP contribution < -0.4 is 5.56 Å². The predicted octanol–water partition coefficient (Wildman–Crippen LogP) is 2.79. The summed E-state index contributed by atoms with van der Waals surface area (Å²) in [5.41, 5.74) is 2.71. The van der Waals surface area contributed by atoms with Gasteiger partial charge >= 0.3 is 0 Å². The Morgan fingerprint density at radius 3 is 2.72 bits per heavy atom. The molecule has 0 saturated carbocycles. The molecule has 1 heterocycles. The standard InChI is InChI=1S/C15H16N2O/c1-3-12-10-16-14(17-15(12)18)13-7-5-4-6-11(2)8-9-13/h4-10H,3H2,1-2H3,(H,16,17,18). The van der Waals surface area contributed by atoms with E-state index < -0.39 is 0 Å². The van der Waals surface area contributed by atoms with E-state index in [-0.39, 0.29) is 5.56 Å². The number of aromatic amines is 1. The second-order valence-electron chi connectivity index (χ2n) is 4.19. The van der Waals surface area contributed by atoms with Crippen LogP contribution in [-0.2, 0) is 6.42 Å². The van der Waals surface area contributed by atoms with Gasteiger partial charge in [-0.2, -0.15) is 0 Å². The molecule has 1 aromatic heterocycles. The van der Waals surface area contributed by atoms with Crippen molar-refractivity contribution >= 4 is 5.57 Å². The fourth-order valence-corrected chi connectivity index (χ4v) is 1.68. The lowest BCUT2D eigenvalue weighted by atomic mass is 10.1. The normalized spacial score (nSPS) is 14.8. The van der Waals surface area contributed by atoms with Crippen LogP contribution in [0.2, 0.25) is 0 Å². The highest BCUT2D eigenvalue weighted by Gasteiger charge is 2.03. The molecule has 2 rings (SSSR count). The fourth-order valence-electron chi connectivity index (χ4n) is 1.68.